The molecule has 1 heterocycles. The molecular weight excluding hydrogens is 278 g/mol. The monoisotopic (exact) mass is 299 g/mol. The largest absolute Gasteiger partial charge is 0.463 e. The van der Waals surface area contributed by atoms with Crippen LogP contribution in [0, 0.1) is 5.41 Å². The molecule has 0 aromatic carbocycles. The molecule has 0 radical (unpaired) electrons. The van der Waals surface area contributed by atoms with Crippen molar-refractivity contribution in [3.8, 4) is 0 Å². The van der Waals surface area contributed by atoms with Crippen molar-refractivity contribution in [3.63, 3.8) is 0 Å². The Morgan fingerprint density at radius 2 is 2.20 bits per heavy atom. The minimum Gasteiger partial charge on any atom is -0.463 e. The van der Waals surface area contributed by atoms with Crippen molar-refractivity contribution >= 4 is 23.0 Å². The summed E-state index contributed by atoms with van der Waals surface area (Å²) >= 11 is 1.01. The number of carbonyl (C=O) groups excluding carboxylic acids is 2. The lowest BCUT2D eigenvalue weighted by atomic mass is 9.91. The van der Waals surface area contributed by atoms with E-state index in [2.05, 4.69) is 10.3 Å². The number of imidazole rings is 1. The number of rotatable bonds is 6. The van der Waals surface area contributed by atoms with Gasteiger partial charge in [0.05, 0.1) is 12.0 Å². The lowest BCUT2D eigenvalue weighted by Crippen LogP contribution is -2.30. The number of thioether (sulfide) groups is 1. The van der Waals surface area contributed by atoms with Crippen LogP contribution < -0.4 is 5.32 Å². The quantitative estimate of drug-likeness (QED) is 0.495. The summed E-state index contributed by atoms with van der Waals surface area (Å²) < 4.78 is 6.88. The Balaban J connectivity index is 2.23. The Bertz CT molecular complexity index is 471. The Morgan fingerprint density at radius 3 is 2.75 bits per heavy atom. The summed E-state index contributed by atoms with van der Waals surface area (Å²) in [6.07, 6.45) is 4.11. The van der Waals surface area contributed by atoms with Gasteiger partial charge >= 0.3 is 5.97 Å². The fraction of sp³-hybridized carbons (Fsp3) is 0.615. The van der Waals surface area contributed by atoms with Crippen LogP contribution in [-0.4, -0.2) is 33.9 Å². The maximum absolute atomic E-state index is 11.7. The van der Waals surface area contributed by atoms with Gasteiger partial charge in [0.25, 0.3) is 5.24 Å². The summed E-state index contributed by atoms with van der Waals surface area (Å²) in [4.78, 5) is 27.3. The van der Waals surface area contributed by atoms with Gasteiger partial charge in [0.1, 0.15) is 6.61 Å². The highest BCUT2D eigenvalue weighted by molar-refractivity contribution is 8.13. The van der Waals surface area contributed by atoms with E-state index in [0.29, 0.717) is 18.1 Å². The number of ether oxygens (including phenoxy) is 1. The Kier molecular flexibility index (Phi) is 6.06. The van der Waals surface area contributed by atoms with E-state index < -0.39 is 5.41 Å². The molecule has 6 nitrogen and oxygen atoms in total. The zero-order valence-electron chi connectivity index (χ0n) is 12.3. The van der Waals surface area contributed by atoms with E-state index in [4.69, 9.17) is 4.74 Å². The number of hydrogen-bond donors (Lipinski definition) is 1. The molecule has 0 atom stereocenters. The zero-order chi connectivity index (χ0) is 15.2. The fourth-order valence-electron chi connectivity index (χ4n) is 1.21. The van der Waals surface area contributed by atoms with Gasteiger partial charge in [-0.05, 0) is 20.3 Å². The molecule has 1 rings (SSSR count). The maximum atomic E-state index is 11.7. The van der Waals surface area contributed by atoms with Gasteiger partial charge in [-0.15, -0.1) is 0 Å². The number of amides is 1. The number of esters is 1. The lowest BCUT2D eigenvalue weighted by Gasteiger charge is -2.20. The number of aromatic nitrogens is 2. The Morgan fingerprint density at radius 1 is 1.50 bits per heavy atom. The van der Waals surface area contributed by atoms with E-state index in [1.807, 2.05) is 27.8 Å². The predicted octanol–water partition coefficient (Wildman–Crippen LogP) is 2.20. The molecule has 20 heavy (non-hydrogen) atoms. The van der Waals surface area contributed by atoms with Crippen LogP contribution in [0.4, 0.5) is 4.79 Å². The molecule has 0 aliphatic rings. The predicted molar refractivity (Wildman–Crippen MR) is 77.5 cm³/mol. The standard InChI is InChI=1S/C13H21N3O3S/c1-5-13(2,3)10(17)19-9-7-15-12(18)20-11-14-6-8-16(11)4/h6,8H,5,7,9H2,1-4H3,(H,15,18). The number of aryl methyl sites for hydroxylation is 1. The molecular formula is C13H21N3O3S. The zero-order valence-corrected chi connectivity index (χ0v) is 13.1. The molecule has 7 heteroatoms. The molecule has 1 aromatic heterocycles. The van der Waals surface area contributed by atoms with E-state index in [0.717, 1.165) is 11.8 Å². The van der Waals surface area contributed by atoms with Crippen molar-refractivity contribution in [2.75, 3.05) is 13.2 Å². The van der Waals surface area contributed by atoms with Crippen LogP contribution >= 0.6 is 11.8 Å². The lowest BCUT2D eigenvalue weighted by molar-refractivity contribution is -0.153. The van der Waals surface area contributed by atoms with Crippen LogP contribution in [-0.2, 0) is 16.6 Å². The van der Waals surface area contributed by atoms with E-state index in [9.17, 15) is 9.59 Å². The first-order valence-electron chi connectivity index (χ1n) is 6.47. The van der Waals surface area contributed by atoms with Gasteiger partial charge in [0.15, 0.2) is 5.16 Å². The summed E-state index contributed by atoms with van der Waals surface area (Å²) in [5, 5.41) is 3.07. The molecule has 0 saturated heterocycles. The summed E-state index contributed by atoms with van der Waals surface area (Å²) in [7, 11) is 1.82. The average molecular weight is 299 g/mol. The summed E-state index contributed by atoms with van der Waals surface area (Å²) in [5.41, 5.74) is -0.480. The van der Waals surface area contributed by atoms with Crippen molar-refractivity contribution < 1.29 is 14.3 Å². The highest BCUT2D eigenvalue weighted by atomic mass is 32.2. The second kappa shape index (κ2) is 7.33. The molecule has 1 amide bonds. The normalized spacial score (nSPS) is 11.2. The molecule has 0 saturated carbocycles. The topological polar surface area (TPSA) is 73.2 Å². The van der Waals surface area contributed by atoms with Crippen LogP contribution in [0.25, 0.3) is 0 Å². The van der Waals surface area contributed by atoms with Gasteiger partial charge in [0, 0.05) is 31.2 Å². The Hall–Kier alpha value is -1.50. The van der Waals surface area contributed by atoms with Gasteiger partial charge in [-0.2, -0.15) is 0 Å². The second-order valence-corrected chi connectivity index (χ2v) is 5.95. The molecule has 1 N–H and O–H groups in total. The third-order valence-electron chi connectivity index (χ3n) is 3.00. The first kappa shape index (κ1) is 16.6. The van der Waals surface area contributed by atoms with Gasteiger partial charge in [-0.1, -0.05) is 6.92 Å². The fourth-order valence-corrected chi connectivity index (χ4v) is 1.86. The summed E-state index contributed by atoms with van der Waals surface area (Å²) in [5.74, 6) is -0.244. The van der Waals surface area contributed by atoms with E-state index in [1.54, 1.807) is 17.0 Å². The van der Waals surface area contributed by atoms with Gasteiger partial charge in [-0.3, -0.25) is 9.59 Å². The second-order valence-electron chi connectivity index (χ2n) is 5.01. The molecule has 0 spiro atoms. The third-order valence-corrected chi connectivity index (χ3v) is 3.91. The smallest absolute Gasteiger partial charge is 0.311 e. The average Bonchev–Trinajstić information content (AvgIpc) is 2.80. The van der Waals surface area contributed by atoms with Crippen LogP contribution in [0.5, 0.6) is 0 Å². The molecule has 0 bridgehead atoms. The van der Waals surface area contributed by atoms with Crippen molar-refractivity contribution in [3.05, 3.63) is 12.4 Å². The molecule has 112 valence electrons. The molecule has 0 fully saturated rings. The van der Waals surface area contributed by atoms with Crippen molar-refractivity contribution in [2.24, 2.45) is 12.5 Å². The number of carbonyl (C=O) groups is 2. The van der Waals surface area contributed by atoms with Gasteiger partial charge in [-0.25, -0.2) is 4.98 Å². The van der Waals surface area contributed by atoms with E-state index >= 15 is 0 Å². The van der Waals surface area contributed by atoms with Crippen molar-refractivity contribution in [1.29, 1.82) is 0 Å². The minimum absolute atomic E-state index is 0.176. The van der Waals surface area contributed by atoms with Crippen LogP contribution in [0.2, 0.25) is 0 Å². The minimum atomic E-state index is -0.480. The van der Waals surface area contributed by atoms with Crippen molar-refractivity contribution in [1.82, 2.24) is 14.9 Å². The summed E-state index contributed by atoms with van der Waals surface area (Å²) in [6.45, 7) is 6.08. The van der Waals surface area contributed by atoms with Crippen LogP contribution in [0.15, 0.2) is 17.6 Å². The number of hydrogen-bond acceptors (Lipinski definition) is 5. The highest BCUT2D eigenvalue weighted by Gasteiger charge is 2.26. The third kappa shape index (κ3) is 4.88. The molecule has 0 aliphatic carbocycles. The SMILES string of the molecule is CCC(C)(C)C(=O)OCCNC(=O)Sc1nccn1C. The highest BCUT2D eigenvalue weighted by Crippen LogP contribution is 2.21. The Labute approximate surface area is 123 Å². The van der Waals surface area contributed by atoms with Gasteiger partial charge in [0.2, 0.25) is 0 Å². The van der Waals surface area contributed by atoms with E-state index in [-0.39, 0.29) is 17.8 Å². The van der Waals surface area contributed by atoms with Crippen LogP contribution in [0.1, 0.15) is 27.2 Å². The van der Waals surface area contributed by atoms with E-state index in [1.165, 1.54) is 0 Å². The van der Waals surface area contributed by atoms with Crippen LogP contribution in [0.3, 0.4) is 0 Å². The first-order chi connectivity index (χ1) is 9.36. The summed E-state index contributed by atoms with van der Waals surface area (Å²) in [6, 6.07) is 0. The number of nitrogens with zero attached hydrogens (tertiary/aromatic N) is 2. The first-order valence-corrected chi connectivity index (χ1v) is 7.28. The van der Waals surface area contributed by atoms with Crippen molar-refractivity contribution in [2.45, 2.75) is 32.3 Å². The molecule has 1 aromatic rings. The number of nitrogens with one attached hydrogen (secondary N) is 1. The molecule has 0 unspecified atom stereocenters. The van der Waals surface area contributed by atoms with Gasteiger partial charge < -0.3 is 14.6 Å². The molecule has 0 aliphatic heterocycles. The maximum Gasteiger partial charge on any atom is 0.311 e.